The second kappa shape index (κ2) is 4.09. The van der Waals surface area contributed by atoms with Crippen LogP contribution in [0.3, 0.4) is 0 Å². The smallest absolute Gasteiger partial charge is 0.184 e. The average molecular weight is 199 g/mol. The van der Waals surface area contributed by atoms with Crippen LogP contribution in [0.5, 0.6) is 0 Å². The Hall–Kier alpha value is -0.570. The van der Waals surface area contributed by atoms with Gasteiger partial charge in [0, 0.05) is 11.4 Å². The highest BCUT2D eigenvalue weighted by atomic mass is 35.5. The Morgan fingerprint density at radius 2 is 1.92 bits per heavy atom. The molecule has 1 aliphatic heterocycles. The number of ether oxygens (including phenoxy) is 2. The molecule has 1 aromatic carbocycles. The Labute approximate surface area is 82.4 Å². The normalized spacial score (nSPS) is 17.9. The molecule has 1 heterocycles. The molecule has 0 aromatic heterocycles. The molecular weight excluding hydrogens is 188 g/mol. The van der Waals surface area contributed by atoms with Crippen molar-refractivity contribution in [1.29, 1.82) is 0 Å². The summed E-state index contributed by atoms with van der Waals surface area (Å²) in [7, 11) is 0. The van der Waals surface area contributed by atoms with E-state index in [0.717, 1.165) is 11.1 Å². The van der Waals surface area contributed by atoms with Crippen LogP contribution in [0.2, 0.25) is 0 Å². The van der Waals surface area contributed by atoms with Crippen LogP contribution >= 0.6 is 11.6 Å². The van der Waals surface area contributed by atoms with E-state index in [0.29, 0.717) is 19.1 Å². The summed E-state index contributed by atoms with van der Waals surface area (Å²) in [5.41, 5.74) is 2.13. The minimum atomic E-state index is -0.213. The zero-order valence-corrected chi connectivity index (χ0v) is 7.96. The van der Waals surface area contributed by atoms with Crippen LogP contribution < -0.4 is 0 Å². The Morgan fingerprint density at radius 3 is 2.62 bits per heavy atom. The molecule has 0 unspecified atom stereocenters. The van der Waals surface area contributed by atoms with Crippen molar-refractivity contribution in [3.63, 3.8) is 0 Å². The van der Waals surface area contributed by atoms with Crippen molar-refractivity contribution in [2.45, 2.75) is 12.2 Å². The van der Waals surface area contributed by atoms with E-state index in [1.54, 1.807) is 0 Å². The van der Waals surface area contributed by atoms with E-state index in [1.165, 1.54) is 0 Å². The molecule has 0 radical (unpaired) electrons. The van der Waals surface area contributed by atoms with Crippen molar-refractivity contribution in [3.05, 3.63) is 35.4 Å². The minimum Gasteiger partial charge on any atom is -0.346 e. The van der Waals surface area contributed by atoms with E-state index in [4.69, 9.17) is 21.1 Å². The van der Waals surface area contributed by atoms with Crippen molar-refractivity contribution in [2.24, 2.45) is 0 Å². The SMILES string of the molecule is ClCc1ccccc1C1OCCO1. The molecule has 70 valence electrons. The third-order valence-electron chi connectivity index (χ3n) is 2.07. The van der Waals surface area contributed by atoms with Gasteiger partial charge in [-0.3, -0.25) is 0 Å². The molecule has 0 N–H and O–H groups in total. The second-order valence-electron chi connectivity index (χ2n) is 2.91. The fraction of sp³-hybridized carbons (Fsp3) is 0.400. The van der Waals surface area contributed by atoms with Gasteiger partial charge >= 0.3 is 0 Å². The lowest BCUT2D eigenvalue weighted by Gasteiger charge is -2.12. The van der Waals surface area contributed by atoms with Crippen LogP contribution in [0.4, 0.5) is 0 Å². The number of hydrogen-bond acceptors (Lipinski definition) is 2. The molecule has 0 aliphatic carbocycles. The largest absolute Gasteiger partial charge is 0.346 e. The molecule has 13 heavy (non-hydrogen) atoms. The molecule has 1 aliphatic rings. The molecule has 1 aromatic rings. The summed E-state index contributed by atoms with van der Waals surface area (Å²) in [6.07, 6.45) is -0.213. The minimum absolute atomic E-state index is 0.213. The number of halogens is 1. The van der Waals surface area contributed by atoms with Crippen LogP contribution in [-0.4, -0.2) is 13.2 Å². The predicted molar refractivity (Wildman–Crippen MR) is 50.6 cm³/mol. The van der Waals surface area contributed by atoms with Gasteiger partial charge in [-0.25, -0.2) is 0 Å². The van der Waals surface area contributed by atoms with Gasteiger partial charge in [-0.15, -0.1) is 11.6 Å². The van der Waals surface area contributed by atoms with Crippen LogP contribution in [0.15, 0.2) is 24.3 Å². The highest BCUT2D eigenvalue weighted by molar-refractivity contribution is 6.17. The van der Waals surface area contributed by atoms with Crippen molar-refractivity contribution >= 4 is 11.6 Å². The first-order valence-corrected chi connectivity index (χ1v) is 4.82. The summed E-state index contributed by atoms with van der Waals surface area (Å²) in [5.74, 6) is 0.499. The van der Waals surface area contributed by atoms with E-state index in [9.17, 15) is 0 Å². The lowest BCUT2D eigenvalue weighted by atomic mass is 10.1. The molecule has 0 atom stereocenters. The van der Waals surface area contributed by atoms with E-state index in [1.807, 2.05) is 24.3 Å². The quantitative estimate of drug-likeness (QED) is 0.680. The standard InChI is InChI=1S/C10H11ClO2/c11-7-8-3-1-2-4-9(8)10-12-5-6-13-10/h1-4,10H,5-7H2. The van der Waals surface area contributed by atoms with Gasteiger partial charge in [0.25, 0.3) is 0 Å². The molecule has 0 spiro atoms. The number of alkyl halides is 1. The summed E-state index contributed by atoms with van der Waals surface area (Å²) in [6, 6.07) is 7.92. The third-order valence-corrected chi connectivity index (χ3v) is 2.36. The highest BCUT2D eigenvalue weighted by Crippen LogP contribution is 2.26. The molecule has 2 nitrogen and oxygen atoms in total. The molecule has 1 fully saturated rings. The summed E-state index contributed by atoms with van der Waals surface area (Å²) in [5, 5.41) is 0. The van der Waals surface area contributed by atoms with E-state index in [-0.39, 0.29) is 6.29 Å². The Morgan fingerprint density at radius 1 is 1.23 bits per heavy atom. The Bertz CT molecular complexity index is 282. The lowest BCUT2D eigenvalue weighted by molar-refractivity contribution is -0.0445. The first-order valence-electron chi connectivity index (χ1n) is 4.29. The van der Waals surface area contributed by atoms with Crippen LogP contribution in [0.25, 0.3) is 0 Å². The summed E-state index contributed by atoms with van der Waals surface area (Å²) in [4.78, 5) is 0. The second-order valence-corrected chi connectivity index (χ2v) is 3.17. The molecule has 1 saturated heterocycles. The molecule has 0 bridgehead atoms. The summed E-state index contributed by atoms with van der Waals surface area (Å²) >= 11 is 5.80. The fourth-order valence-electron chi connectivity index (χ4n) is 1.42. The van der Waals surface area contributed by atoms with Crippen LogP contribution in [0.1, 0.15) is 17.4 Å². The first-order chi connectivity index (χ1) is 6.42. The summed E-state index contributed by atoms with van der Waals surface area (Å²) in [6.45, 7) is 1.34. The Balaban J connectivity index is 2.26. The van der Waals surface area contributed by atoms with Crippen molar-refractivity contribution in [1.82, 2.24) is 0 Å². The maximum atomic E-state index is 5.80. The maximum absolute atomic E-state index is 5.80. The first kappa shape index (κ1) is 9.00. The third kappa shape index (κ3) is 1.85. The zero-order chi connectivity index (χ0) is 9.10. The fourth-order valence-corrected chi connectivity index (χ4v) is 1.67. The van der Waals surface area contributed by atoms with Gasteiger partial charge in [0.2, 0.25) is 0 Å². The summed E-state index contributed by atoms with van der Waals surface area (Å²) < 4.78 is 10.8. The molecule has 2 rings (SSSR count). The maximum Gasteiger partial charge on any atom is 0.184 e. The number of hydrogen-bond donors (Lipinski definition) is 0. The van der Waals surface area contributed by atoms with E-state index in [2.05, 4.69) is 0 Å². The van der Waals surface area contributed by atoms with Crippen molar-refractivity contribution < 1.29 is 9.47 Å². The van der Waals surface area contributed by atoms with Gasteiger partial charge in [0.05, 0.1) is 13.2 Å². The molecular formula is C10H11ClO2. The average Bonchev–Trinajstić information content (AvgIpc) is 2.70. The van der Waals surface area contributed by atoms with Gasteiger partial charge < -0.3 is 9.47 Å². The zero-order valence-electron chi connectivity index (χ0n) is 7.20. The monoisotopic (exact) mass is 198 g/mol. The molecule has 3 heteroatoms. The molecule has 0 saturated carbocycles. The highest BCUT2D eigenvalue weighted by Gasteiger charge is 2.20. The van der Waals surface area contributed by atoms with Gasteiger partial charge in [-0.2, -0.15) is 0 Å². The predicted octanol–water partition coefficient (Wildman–Crippen LogP) is 2.47. The van der Waals surface area contributed by atoms with Gasteiger partial charge in [-0.1, -0.05) is 24.3 Å². The van der Waals surface area contributed by atoms with Crippen molar-refractivity contribution in [3.8, 4) is 0 Å². The number of benzene rings is 1. The van der Waals surface area contributed by atoms with Crippen LogP contribution in [-0.2, 0) is 15.4 Å². The molecule has 0 amide bonds. The van der Waals surface area contributed by atoms with Crippen LogP contribution in [0, 0.1) is 0 Å². The number of rotatable bonds is 2. The Kier molecular flexibility index (Phi) is 2.83. The van der Waals surface area contributed by atoms with E-state index >= 15 is 0 Å². The van der Waals surface area contributed by atoms with Crippen molar-refractivity contribution in [2.75, 3.05) is 13.2 Å². The topological polar surface area (TPSA) is 18.5 Å². The van der Waals surface area contributed by atoms with E-state index < -0.39 is 0 Å². The lowest BCUT2D eigenvalue weighted by Crippen LogP contribution is -2.01. The van der Waals surface area contributed by atoms with Gasteiger partial charge in [0.15, 0.2) is 6.29 Å². The van der Waals surface area contributed by atoms with Gasteiger partial charge in [0.1, 0.15) is 0 Å². The van der Waals surface area contributed by atoms with Gasteiger partial charge in [-0.05, 0) is 5.56 Å².